The maximum absolute atomic E-state index is 11.4. The van der Waals surface area contributed by atoms with E-state index in [0.29, 0.717) is 12.8 Å². The van der Waals surface area contributed by atoms with Gasteiger partial charge >= 0.3 is 5.71 Å². The Labute approximate surface area is 94.5 Å². The Hall–Kier alpha value is -1.93. The molecule has 4 heteroatoms. The molecule has 1 rings (SSSR count). The SMILES string of the molecule is COc1cccc(CCC(=O)C(C)=[N+]=[N-])c1. The molecule has 0 heterocycles. The summed E-state index contributed by atoms with van der Waals surface area (Å²) in [6.45, 7) is 1.49. The van der Waals surface area contributed by atoms with Crippen molar-refractivity contribution in [1.82, 2.24) is 0 Å². The molecule has 0 atom stereocenters. The lowest BCUT2D eigenvalue weighted by molar-refractivity contribution is -0.117. The van der Waals surface area contributed by atoms with E-state index < -0.39 is 0 Å². The van der Waals surface area contributed by atoms with Gasteiger partial charge in [-0.1, -0.05) is 12.1 Å². The van der Waals surface area contributed by atoms with Gasteiger partial charge in [0.2, 0.25) is 5.78 Å². The number of carbonyl (C=O) groups excluding carboxylic acids is 1. The number of hydrogen-bond donors (Lipinski definition) is 0. The molecule has 0 N–H and O–H groups in total. The van der Waals surface area contributed by atoms with Gasteiger partial charge in [0.25, 0.3) is 0 Å². The Balaban J connectivity index is 2.61. The lowest BCUT2D eigenvalue weighted by Crippen LogP contribution is -2.11. The first kappa shape index (κ1) is 12.1. The largest absolute Gasteiger partial charge is 0.497 e. The van der Waals surface area contributed by atoms with Crippen LogP contribution in [0.4, 0.5) is 0 Å². The van der Waals surface area contributed by atoms with Crippen LogP contribution in [-0.2, 0) is 11.2 Å². The first-order valence-electron chi connectivity index (χ1n) is 5.02. The molecule has 0 spiro atoms. The Bertz CT molecular complexity index is 434. The predicted octanol–water partition coefficient (Wildman–Crippen LogP) is 1.89. The zero-order chi connectivity index (χ0) is 12.0. The van der Waals surface area contributed by atoms with Gasteiger partial charge < -0.3 is 10.3 Å². The normalized spacial score (nSPS) is 9.38. The summed E-state index contributed by atoms with van der Waals surface area (Å²) in [6, 6.07) is 7.55. The van der Waals surface area contributed by atoms with Gasteiger partial charge in [0.1, 0.15) is 5.75 Å². The van der Waals surface area contributed by atoms with Crippen molar-refractivity contribution in [2.75, 3.05) is 7.11 Å². The van der Waals surface area contributed by atoms with E-state index in [0.717, 1.165) is 11.3 Å². The molecule has 0 aliphatic carbocycles. The van der Waals surface area contributed by atoms with Gasteiger partial charge in [-0.3, -0.25) is 4.79 Å². The fraction of sp³-hybridized carbons (Fsp3) is 0.333. The summed E-state index contributed by atoms with van der Waals surface area (Å²) in [5.74, 6) is 0.628. The molecule has 0 aliphatic rings. The topological polar surface area (TPSA) is 62.7 Å². The number of aryl methyl sites for hydroxylation is 1. The first-order valence-corrected chi connectivity index (χ1v) is 5.02. The summed E-state index contributed by atoms with van der Waals surface area (Å²) in [4.78, 5) is 14.3. The van der Waals surface area contributed by atoms with E-state index in [9.17, 15) is 4.79 Å². The summed E-state index contributed by atoms with van der Waals surface area (Å²) < 4.78 is 5.08. The second-order valence-electron chi connectivity index (χ2n) is 3.46. The minimum absolute atomic E-state index is 0.142. The lowest BCUT2D eigenvalue weighted by atomic mass is 10.1. The minimum Gasteiger partial charge on any atom is -0.497 e. The van der Waals surface area contributed by atoms with Gasteiger partial charge in [0.15, 0.2) is 0 Å². The maximum Gasteiger partial charge on any atom is 0.331 e. The second kappa shape index (κ2) is 5.83. The Morgan fingerprint density at radius 2 is 2.25 bits per heavy atom. The Morgan fingerprint density at radius 1 is 1.50 bits per heavy atom. The van der Waals surface area contributed by atoms with Gasteiger partial charge in [-0.25, -0.2) is 0 Å². The van der Waals surface area contributed by atoms with Crippen molar-refractivity contribution in [3.8, 4) is 5.75 Å². The fourth-order valence-corrected chi connectivity index (χ4v) is 1.32. The summed E-state index contributed by atoms with van der Waals surface area (Å²) >= 11 is 0. The van der Waals surface area contributed by atoms with Gasteiger partial charge in [-0.2, -0.15) is 4.79 Å². The molecule has 0 fully saturated rings. The van der Waals surface area contributed by atoms with Gasteiger partial charge in [-0.05, 0) is 24.1 Å². The van der Waals surface area contributed by atoms with Crippen LogP contribution in [-0.4, -0.2) is 23.4 Å². The molecule has 0 saturated carbocycles. The van der Waals surface area contributed by atoms with Crippen molar-refractivity contribution in [2.24, 2.45) is 0 Å². The zero-order valence-electron chi connectivity index (χ0n) is 9.43. The third-order valence-electron chi connectivity index (χ3n) is 2.33. The number of carbonyl (C=O) groups is 1. The maximum atomic E-state index is 11.4. The van der Waals surface area contributed by atoms with Crippen molar-refractivity contribution in [3.63, 3.8) is 0 Å². The highest BCUT2D eigenvalue weighted by Crippen LogP contribution is 2.13. The van der Waals surface area contributed by atoms with Crippen molar-refractivity contribution < 1.29 is 14.3 Å². The summed E-state index contributed by atoms with van der Waals surface area (Å²) in [5.41, 5.74) is 9.60. The van der Waals surface area contributed by atoms with Crippen LogP contribution < -0.4 is 4.74 Å². The molecule has 0 saturated heterocycles. The molecule has 1 aromatic rings. The molecule has 0 amide bonds. The molecule has 0 aromatic heterocycles. The zero-order valence-corrected chi connectivity index (χ0v) is 9.43. The van der Waals surface area contributed by atoms with E-state index in [-0.39, 0.29) is 11.5 Å². The van der Waals surface area contributed by atoms with Crippen LogP contribution in [0.2, 0.25) is 0 Å². The van der Waals surface area contributed by atoms with E-state index in [1.54, 1.807) is 7.11 Å². The Kier molecular flexibility index (Phi) is 4.42. The highest BCUT2D eigenvalue weighted by molar-refractivity contribution is 6.36. The average Bonchev–Trinajstić information content (AvgIpc) is 2.35. The van der Waals surface area contributed by atoms with Crippen molar-refractivity contribution in [2.45, 2.75) is 19.8 Å². The molecule has 0 unspecified atom stereocenters. The first-order chi connectivity index (χ1) is 7.67. The number of hydrogen-bond acceptors (Lipinski definition) is 2. The van der Waals surface area contributed by atoms with Crippen LogP contribution in [0.1, 0.15) is 18.9 Å². The number of ketones is 1. The van der Waals surface area contributed by atoms with E-state index in [4.69, 9.17) is 10.3 Å². The highest BCUT2D eigenvalue weighted by atomic mass is 16.5. The highest BCUT2D eigenvalue weighted by Gasteiger charge is 2.12. The number of benzene rings is 1. The van der Waals surface area contributed by atoms with E-state index in [1.165, 1.54) is 6.92 Å². The van der Waals surface area contributed by atoms with Crippen molar-refractivity contribution >= 4 is 11.5 Å². The smallest absolute Gasteiger partial charge is 0.331 e. The number of nitrogens with zero attached hydrogens (tertiary/aromatic N) is 2. The molecule has 0 aliphatic heterocycles. The van der Waals surface area contributed by atoms with Gasteiger partial charge in [-0.15, -0.1) is 0 Å². The van der Waals surface area contributed by atoms with Crippen LogP contribution in [0.25, 0.3) is 5.53 Å². The monoisotopic (exact) mass is 218 g/mol. The van der Waals surface area contributed by atoms with Gasteiger partial charge in [0, 0.05) is 13.3 Å². The molecule has 1 aromatic carbocycles. The van der Waals surface area contributed by atoms with Crippen LogP contribution in [0.3, 0.4) is 0 Å². The van der Waals surface area contributed by atoms with E-state index in [1.807, 2.05) is 24.3 Å². The van der Waals surface area contributed by atoms with Crippen molar-refractivity contribution in [3.05, 3.63) is 35.4 Å². The third kappa shape index (κ3) is 3.33. The van der Waals surface area contributed by atoms with Crippen LogP contribution in [0.5, 0.6) is 5.75 Å². The predicted molar refractivity (Wildman–Crippen MR) is 60.6 cm³/mol. The molecule has 84 valence electrons. The lowest BCUT2D eigenvalue weighted by Gasteiger charge is -2.02. The summed E-state index contributed by atoms with van der Waals surface area (Å²) in [7, 11) is 1.60. The summed E-state index contributed by atoms with van der Waals surface area (Å²) in [6.07, 6.45) is 0.950. The molecule has 0 radical (unpaired) electrons. The fourth-order valence-electron chi connectivity index (χ4n) is 1.32. The molecular weight excluding hydrogens is 204 g/mol. The van der Waals surface area contributed by atoms with Crippen LogP contribution >= 0.6 is 0 Å². The average molecular weight is 218 g/mol. The van der Waals surface area contributed by atoms with E-state index in [2.05, 4.69) is 4.79 Å². The van der Waals surface area contributed by atoms with Crippen molar-refractivity contribution in [1.29, 1.82) is 0 Å². The second-order valence-corrected chi connectivity index (χ2v) is 3.46. The Morgan fingerprint density at radius 3 is 2.88 bits per heavy atom. The molecular formula is C12H14N2O2. The minimum atomic E-state index is -0.148. The van der Waals surface area contributed by atoms with E-state index >= 15 is 0 Å². The quantitative estimate of drug-likeness (QED) is 0.430. The summed E-state index contributed by atoms with van der Waals surface area (Å²) in [5, 5.41) is 0. The third-order valence-corrected chi connectivity index (χ3v) is 2.33. The molecule has 4 nitrogen and oxygen atoms in total. The number of ether oxygens (including phenoxy) is 1. The molecule has 0 bridgehead atoms. The van der Waals surface area contributed by atoms with Crippen LogP contribution in [0, 0.1) is 0 Å². The standard InChI is InChI=1S/C12H14N2O2/c1-9(14-13)12(15)7-6-10-4-3-5-11(8-10)16-2/h3-5,8H,6-7H2,1-2H3. The van der Waals surface area contributed by atoms with Crippen LogP contribution in [0.15, 0.2) is 24.3 Å². The number of rotatable bonds is 5. The van der Waals surface area contributed by atoms with Gasteiger partial charge in [0.05, 0.1) is 7.11 Å². The molecule has 16 heavy (non-hydrogen) atoms. The number of Topliss-reactive ketones (excluding diaryl/α,β-unsaturated/α-hetero) is 1. The number of methoxy groups -OCH3 is 1.